The lowest BCUT2D eigenvalue weighted by Gasteiger charge is -2.28. The number of aromatic nitrogens is 1. The van der Waals surface area contributed by atoms with Gasteiger partial charge in [0.1, 0.15) is 0 Å². The molecule has 1 aliphatic carbocycles. The van der Waals surface area contributed by atoms with Gasteiger partial charge in [0.2, 0.25) is 0 Å². The average Bonchev–Trinajstić information content (AvgIpc) is 3.93. The van der Waals surface area contributed by atoms with Crippen LogP contribution in [-0.4, -0.2) is 4.57 Å². The summed E-state index contributed by atoms with van der Waals surface area (Å²) in [5.41, 5.74) is 17.2. The summed E-state index contributed by atoms with van der Waals surface area (Å²) < 4.78 is 5.02. The highest BCUT2D eigenvalue weighted by molar-refractivity contribution is 7.26. The largest absolute Gasteiger partial charge is 0.309 e. The van der Waals surface area contributed by atoms with E-state index in [1.165, 1.54) is 97.9 Å². The second kappa shape index (κ2) is 13.4. The zero-order valence-electron chi connectivity index (χ0n) is 33.4. The van der Waals surface area contributed by atoms with Gasteiger partial charge in [-0.3, -0.25) is 0 Å². The minimum atomic E-state index is -0.105. The molecular weight excluding hydrogens is 745 g/mol. The molecule has 1 aliphatic rings. The van der Waals surface area contributed by atoms with Crippen LogP contribution >= 0.6 is 11.3 Å². The smallest absolute Gasteiger partial charge is 0.0640 e. The normalized spacial score (nSPS) is 13.0. The van der Waals surface area contributed by atoms with Gasteiger partial charge in [-0.05, 0) is 99.6 Å². The Morgan fingerprint density at radius 2 is 1.02 bits per heavy atom. The Hall–Kier alpha value is -7.20. The molecule has 60 heavy (non-hydrogen) atoms. The molecule has 0 saturated heterocycles. The monoisotopic (exact) mass is 784 g/mol. The van der Waals surface area contributed by atoms with Crippen LogP contribution in [-0.2, 0) is 5.41 Å². The van der Waals surface area contributed by atoms with Gasteiger partial charge in [-0.25, -0.2) is 0 Å². The molecule has 0 spiro atoms. The van der Waals surface area contributed by atoms with E-state index in [1.54, 1.807) is 0 Å². The highest BCUT2D eigenvalue weighted by Crippen LogP contribution is 2.52. The van der Waals surface area contributed by atoms with Gasteiger partial charge in [-0.2, -0.15) is 0 Å². The molecule has 9 aromatic carbocycles. The summed E-state index contributed by atoms with van der Waals surface area (Å²) in [6, 6.07) is 76.0. The Morgan fingerprint density at radius 3 is 1.82 bits per heavy atom. The minimum absolute atomic E-state index is 0.105. The van der Waals surface area contributed by atoms with Crippen LogP contribution in [0.2, 0.25) is 0 Å². The Labute approximate surface area is 353 Å². The summed E-state index contributed by atoms with van der Waals surface area (Å²) >= 11 is 1.88. The molecule has 0 fully saturated rings. The second-order valence-corrected chi connectivity index (χ2v) is 17.6. The van der Waals surface area contributed by atoms with Crippen molar-refractivity contribution in [1.82, 2.24) is 4.57 Å². The number of benzene rings is 9. The summed E-state index contributed by atoms with van der Waals surface area (Å²) in [5, 5.41) is 5.13. The molecule has 11 aromatic rings. The molecule has 3 heteroatoms. The molecule has 0 aliphatic heterocycles. The Kier molecular flexibility index (Phi) is 7.79. The van der Waals surface area contributed by atoms with Gasteiger partial charge < -0.3 is 9.47 Å². The molecule has 2 nitrogen and oxygen atoms in total. The molecule has 0 bridgehead atoms. The summed E-state index contributed by atoms with van der Waals surface area (Å²) in [5.74, 6) is 0. The highest BCUT2D eigenvalue weighted by Gasteiger charge is 2.36. The van der Waals surface area contributed by atoms with Crippen molar-refractivity contribution >= 4 is 70.4 Å². The first-order valence-corrected chi connectivity index (χ1v) is 21.6. The Bertz CT molecular complexity index is 3420. The van der Waals surface area contributed by atoms with Crippen molar-refractivity contribution < 1.29 is 0 Å². The second-order valence-electron chi connectivity index (χ2n) is 16.5. The number of para-hydroxylation sites is 3. The van der Waals surface area contributed by atoms with Crippen molar-refractivity contribution in [1.29, 1.82) is 0 Å². The van der Waals surface area contributed by atoms with E-state index < -0.39 is 0 Å². The molecule has 0 saturated carbocycles. The van der Waals surface area contributed by atoms with Crippen LogP contribution in [0.3, 0.4) is 0 Å². The van der Waals surface area contributed by atoms with Crippen LogP contribution in [0.4, 0.5) is 17.1 Å². The van der Waals surface area contributed by atoms with Gasteiger partial charge in [0, 0.05) is 48.6 Å². The molecule has 284 valence electrons. The average molecular weight is 785 g/mol. The predicted molar refractivity (Wildman–Crippen MR) is 257 cm³/mol. The summed E-state index contributed by atoms with van der Waals surface area (Å²) in [6.45, 7) is 4.73. The summed E-state index contributed by atoms with van der Waals surface area (Å²) in [7, 11) is 0. The Balaban J connectivity index is 0.976. The summed E-state index contributed by atoms with van der Waals surface area (Å²) in [4.78, 5) is 2.47. The lowest BCUT2D eigenvalue weighted by atomic mass is 9.82. The number of fused-ring (bicyclic) bond motifs is 9. The molecule has 0 atom stereocenters. The molecule has 0 N–H and O–H groups in total. The maximum atomic E-state index is 2.47. The van der Waals surface area contributed by atoms with Crippen molar-refractivity contribution in [3.05, 3.63) is 217 Å². The standard InChI is InChI=1S/C57H40N2S/c1-57(2)49-23-8-3-18-43(49)44-34-33-41(36-50(44)57)58(54-27-14-22-48-47-21-7-12-28-55(47)60-56(48)54)40-31-29-37(30-32-40)38-15-13-16-39(35-38)42-17-4-9-24-51(42)59-52-25-10-5-19-45(52)46-20-6-11-26-53(46)59/h3-36H,1-2H3. The molecule has 2 aromatic heterocycles. The SMILES string of the molecule is CC1(C)c2ccccc2-c2ccc(N(c3ccc(-c4cccc(-c5ccccc5-n5c6ccccc6c6ccccc65)c4)cc3)c3cccc4c3sc3ccccc34)cc21. The topological polar surface area (TPSA) is 8.17 Å². The first-order valence-electron chi connectivity index (χ1n) is 20.8. The fourth-order valence-electron chi connectivity index (χ4n) is 9.93. The maximum Gasteiger partial charge on any atom is 0.0640 e. The highest BCUT2D eigenvalue weighted by atomic mass is 32.1. The van der Waals surface area contributed by atoms with E-state index >= 15 is 0 Å². The van der Waals surface area contributed by atoms with E-state index in [2.05, 4.69) is 230 Å². The molecule has 12 rings (SSSR count). The lowest BCUT2D eigenvalue weighted by Crippen LogP contribution is -2.16. The number of hydrogen-bond acceptors (Lipinski definition) is 2. The van der Waals surface area contributed by atoms with Crippen molar-refractivity contribution in [3.8, 4) is 39.1 Å². The molecule has 0 amide bonds. The number of anilines is 3. The Morgan fingerprint density at radius 1 is 0.417 bits per heavy atom. The van der Waals surface area contributed by atoms with Crippen molar-refractivity contribution in [2.45, 2.75) is 19.3 Å². The number of hydrogen-bond donors (Lipinski definition) is 0. The van der Waals surface area contributed by atoms with Gasteiger partial charge in [0.05, 0.1) is 27.1 Å². The van der Waals surface area contributed by atoms with Crippen LogP contribution in [0.5, 0.6) is 0 Å². The fraction of sp³-hybridized carbons (Fsp3) is 0.0526. The van der Waals surface area contributed by atoms with E-state index in [9.17, 15) is 0 Å². The van der Waals surface area contributed by atoms with Gasteiger partial charge in [0.25, 0.3) is 0 Å². The zero-order valence-corrected chi connectivity index (χ0v) is 34.2. The number of thiophene rings is 1. The third-order valence-electron chi connectivity index (χ3n) is 12.8. The fourth-order valence-corrected chi connectivity index (χ4v) is 11.1. The van der Waals surface area contributed by atoms with E-state index in [-0.39, 0.29) is 5.41 Å². The number of nitrogens with zero attached hydrogens (tertiary/aromatic N) is 2. The van der Waals surface area contributed by atoms with E-state index in [1.807, 2.05) is 11.3 Å². The van der Waals surface area contributed by atoms with Crippen LogP contribution in [0.15, 0.2) is 206 Å². The van der Waals surface area contributed by atoms with Crippen molar-refractivity contribution in [3.63, 3.8) is 0 Å². The molecule has 0 radical (unpaired) electrons. The van der Waals surface area contributed by atoms with Crippen LogP contribution in [0, 0.1) is 0 Å². The first-order chi connectivity index (χ1) is 29.5. The van der Waals surface area contributed by atoms with Gasteiger partial charge in [-0.15, -0.1) is 11.3 Å². The quantitative estimate of drug-likeness (QED) is 0.163. The third kappa shape index (κ3) is 5.26. The predicted octanol–water partition coefficient (Wildman–Crippen LogP) is 16.3. The van der Waals surface area contributed by atoms with E-state index in [0.29, 0.717) is 0 Å². The molecular formula is C57H40N2S. The van der Waals surface area contributed by atoms with Crippen LogP contribution in [0.1, 0.15) is 25.0 Å². The van der Waals surface area contributed by atoms with E-state index in [4.69, 9.17) is 0 Å². The first kappa shape index (κ1) is 34.8. The number of rotatable bonds is 6. The van der Waals surface area contributed by atoms with Crippen LogP contribution < -0.4 is 4.90 Å². The van der Waals surface area contributed by atoms with Crippen LogP contribution in [0.25, 0.3) is 81.0 Å². The molecule has 2 heterocycles. The van der Waals surface area contributed by atoms with E-state index in [0.717, 1.165) is 11.4 Å². The van der Waals surface area contributed by atoms with Crippen molar-refractivity contribution in [2.75, 3.05) is 4.90 Å². The maximum absolute atomic E-state index is 2.47. The van der Waals surface area contributed by atoms with Gasteiger partial charge >= 0.3 is 0 Å². The third-order valence-corrected chi connectivity index (χ3v) is 14.0. The zero-order chi connectivity index (χ0) is 40.0. The van der Waals surface area contributed by atoms with Gasteiger partial charge in [0.15, 0.2) is 0 Å². The van der Waals surface area contributed by atoms with Crippen molar-refractivity contribution in [2.24, 2.45) is 0 Å². The minimum Gasteiger partial charge on any atom is -0.309 e. The lowest BCUT2D eigenvalue weighted by molar-refractivity contribution is 0.660. The molecule has 0 unspecified atom stereocenters. The van der Waals surface area contributed by atoms with Gasteiger partial charge in [-0.1, -0.05) is 159 Å². The summed E-state index contributed by atoms with van der Waals surface area (Å²) in [6.07, 6.45) is 0.